The number of aliphatic carboxylic acids is 1. The number of carbonyl (C=O) groups is 4. The minimum atomic E-state index is -3.55. The highest BCUT2D eigenvalue weighted by molar-refractivity contribution is 7.90. The van der Waals surface area contributed by atoms with Crippen LogP contribution in [-0.4, -0.2) is 124 Å². The molecule has 7 rings (SSSR count). The fourth-order valence-corrected chi connectivity index (χ4v) is 12.2. The molecule has 0 radical (unpaired) electrons. The maximum atomic E-state index is 14.9. The number of sulfonamides is 1. The molecule has 65 heavy (non-hydrogen) atoms. The minimum absolute atomic E-state index is 0.0347. The molecule has 2 saturated heterocycles. The number of carbonyl (C=O) groups excluding carboxylic acids is 3. The highest BCUT2D eigenvalue weighted by Gasteiger charge is 2.61. The van der Waals surface area contributed by atoms with Gasteiger partial charge < -0.3 is 40.7 Å². The van der Waals surface area contributed by atoms with Gasteiger partial charge in [-0.1, -0.05) is 52.7 Å². The molecule has 5 N–H and O–H groups in total. The van der Waals surface area contributed by atoms with E-state index in [2.05, 4.69) is 21.3 Å². The average molecular weight is 937 g/mol. The van der Waals surface area contributed by atoms with Gasteiger partial charge in [0.15, 0.2) is 5.13 Å². The van der Waals surface area contributed by atoms with Crippen molar-refractivity contribution in [2.75, 3.05) is 32.1 Å². The number of urea groups is 1. The van der Waals surface area contributed by atoms with E-state index < -0.39 is 74.8 Å². The molecule has 0 bridgehead atoms. The molecule has 2 aromatic heterocycles. The number of methoxy groups -OCH3 is 1. The number of allylic oxidation sites excluding steroid dienone is 1. The summed E-state index contributed by atoms with van der Waals surface area (Å²) in [5, 5.41) is 25.2. The Morgan fingerprint density at radius 1 is 1.05 bits per heavy atom. The Labute approximate surface area is 385 Å². The summed E-state index contributed by atoms with van der Waals surface area (Å²) in [6.07, 6.45) is 6.96. The zero-order valence-electron chi connectivity index (χ0n) is 38.3. The number of carboxylic acids is 1. The van der Waals surface area contributed by atoms with Gasteiger partial charge in [-0.3, -0.25) is 9.59 Å². The summed E-state index contributed by atoms with van der Waals surface area (Å²) >= 11 is 1.45. The van der Waals surface area contributed by atoms with E-state index in [1.807, 2.05) is 65.1 Å². The van der Waals surface area contributed by atoms with Gasteiger partial charge in [-0.2, -0.15) is 4.31 Å². The Morgan fingerprint density at radius 2 is 1.83 bits per heavy atom. The Bertz CT molecular complexity index is 2390. The van der Waals surface area contributed by atoms with Crippen LogP contribution >= 0.6 is 11.3 Å². The normalized spacial score (nSPS) is 27.0. The molecule has 4 amide bonds. The van der Waals surface area contributed by atoms with Crippen LogP contribution in [0.25, 0.3) is 22.3 Å². The van der Waals surface area contributed by atoms with E-state index in [4.69, 9.17) is 19.4 Å². The molecule has 1 aliphatic carbocycles. The van der Waals surface area contributed by atoms with Crippen molar-refractivity contribution in [3.05, 3.63) is 41.8 Å². The van der Waals surface area contributed by atoms with Crippen LogP contribution < -0.4 is 30.7 Å². The first-order valence-electron chi connectivity index (χ1n) is 22.9. The predicted octanol–water partition coefficient (Wildman–Crippen LogP) is 5.77. The molecule has 1 saturated carbocycles. The Balaban J connectivity index is 1.17. The lowest BCUT2D eigenvalue weighted by Gasteiger charge is -2.31. The van der Waals surface area contributed by atoms with Gasteiger partial charge in [-0.05, 0) is 69.9 Å². The summed E-state index contributed by atoms with van der Waals surface area (Å²) in [4.78, 5) is 67.1. The first-order valence-corrected chi connectivity index (χ1v) is 25.2. The summed E-state index contributed by atoms with van der Waals surface area (Å²) < 4.78 is 40.5. The maximum absolute atomic E-state index is 14.9. The number of nitrogens with one attached hydrogen (secondary N) is 4. The smallest absolute Gasteiger partial charge is 0.330 e. The number of amides is 4. The summed E-state index contributed by atoms with van der Waals surface area (Å²) in [5.41, 5.74) is 0.249. The first-order chi connectivity index (χ1) is 30.9. The third-order valence-corrected chi connectivity index (χ3v) is 16.4. The van der Waals surface area contributed by atoms with Gasteiger partial charge >= 0.3 is 12.0 Å². The highest BCUT2D eigenvalue weighted by Crippen LogP contribution is 2.46. The van der Waals surface area contributed by atoms with Crippen molar-refractivity contribution >= 4 is 61.2 Å². The number of hydrogen-bond acceptors (Lipinski definition) is 12. The molecule has 7 atom stereocenters. The van der Waals surface area contributed by atoms with Crippen molar-refractivity contribution in [1.82, 2.24) is 35.1 Å². The predicted molar refractivity (Wildman–Crippen MR) is 249 cm³/mol. The fraction of sp³-hybridized carbons (Fsp3) is 0.609. The van der Waals surface area contributed by atoms with E-state index in [1.165, 1.54) is 20.5 Å². The fourth-order valence-electron chi connectivity index (χ4n) is 9.19. The number of fused-ring (bicyclic) bond motifs is 3. The van der Waals surface area contributed by atoms with Crippen molar-refractivity contribution in [3.63, 3.8) is 0 Å². The van der Waals surface area contributed by atoms with Crippen LogP contribution in [0.1, 0.15) is 92.9 Å². The topological polar surface area (TPSA) is 221 Å². The number of pyridine rings is 1. The minimum Gasteiger partial charge on any atom is -0.497 e. The van der Waals surface area contributed by atoms with Gasteiger partial charge in [0.2, 0.25) is 21.8 Å². The molecule has 3 aliphatic heterocycles. The van der Waals surface area contributed by atoms with Crippen molar-refractivity contribution < 1.29 is 42.2 Å². The molecular formula is C46H64N8O9S2. The third-order valence-electron chi connectivity index (χ3n) is 13.0. The molecule has 1 aromatic carbocycles. The standard InChI is InChI=1S/C46H64N8O9S2/c1-26(2)36(24-53-18-17-40(27(3)4)65(53,60)61)50-44(59)49-33-14-12-10-8-9-11-13-29-22-46(29,43(57)58)52-41(55)38-20-31(23-54(38)42(33)56)63-39-21-35(37-25-64-45(51-37)47-28(5)6)48-34-19-30(62-7)15-16-32(34)39/h11,13,15-16,19,21,25-29,31,33,36,38,40H,8-10,12,14,17-18,20,22-24H2,1-7H3,(H,47,51)(H,52,55)(H,57,58)(H2,49,50,59)/b13-11-/t29?,31-,33+,36?,38+,40?,46-/m1/s1. The van der Waals surface area contributed by atoms with Crippen molar-refractivity contribution in [3.8, 4) is 22.9 Å². The number of thiazole rings is 1. The SMILES string of the molecule is COc1ccc2c(O[C@@H]3C[C@H]4C(=O)N[C@]5(C(=O)O)CC5/C=C\CCCCC[C@H](NC(=O)NC(CN5CCC(C(C)C)S5(=O)=O)C(C)C)C(=O)N4C3)cc(-c3csc(NC(C)C)n3)nc2c1. The van der Waals surface area contributed by atoms with Gasteiger partial charge in [-0.15, -0.1) is 11.3 Å². The maximum Gasteiger partial charge on any atom is 0.330 e. The Kier molecular flexibility index (Phi) is 14.6. The lowest BCUT2D eigenvalue weighted by atomic mass is 10.0. The molecular weight excluding hydrogens is 873 g/mol. The van der Waals surface area contributed by atoms with Crippen molar-refractivity contribution in [2.45, 2.75) is 134 Å². The molecule has 5 heterocycles. The van der Waals surface area contributed by atoms with E-state index in [0.717, 1.165) is 18.0 Å². The Hall–Kier alpha value is -5.01. The van der Waals surface area contributed by atoms with E-state index in [0.29, 0.717) is 59.6 Å². The number of aromatic nitrogens is 2. The van der Waals surface area contributed by atoms with Gasteiger partial charge in [0.1, 0.15) is 40.9 Å². The van der Waals surface area contributed by atoms with E-state index in [1.54, 1.807) is 25.3 Å². The van der Waals surface area contributed by atoms with Gasteiger partial charge in [0.05, 0.1) is 30.1 Å². The molecule has 3 aromatic rings. The monoisotopic (exact) mass is 936 g/mol. The van der Waals surface area contributed by atoms with E-state index in [9.17, 15) is 32.7 Å². The average Bonchev–Trinajstić information content (AvgIpc) is 3.50. The number of carboxylic acid groups (broad SMARTS) is 1. The summed E-state index contributed by atoms with van der Waals surface area (Å²) in [6, 6.07) is 4.03. The number of ether oxygens (including phenoxy) is 2. The highest BCUT2D eigenvalue weighted by atomic mass is 32.2. The first kappa shape index (κ1) is 47.9. The summed E-state index contributed by atoms with van der Waals surface area (Å²) in [6.45, 7) is 12.1. The second-order valence-electron chi connectivity index (χ2n) is 18.8. The molecule has 3 fully saturated rings. The molecule has 3 unspecified atom stereocenters. The summed E-state index contributed by atoms with van der Waals surface area (Å²) in [7, 11) is -1.98. The molecule has 0 spiro atoms. The van der Waals surface area contributed by atoms with Crippen LogP contribution in [0.4, 0.5) is 9.93 Å². The van der Waals surface area contributed by atoms with Gasteiger partial charge in [-0.25, -0.2) is 28.0 Å². The Morgan fingerprint density at radius 3 is 2.52 bits per heavy atom. The third kappa shape index (κ3) is 10.7. The number of hydrogen-bond donors (Lipinski definition) is 5. The zero-order chi connectivity index (χ0) is 46.8. The second kappa shape index (κ2) is 19.8. The number of nitrogens with zero attached hydrogens (tertiary/aromatic N) is 4. The van der Waals surface area contributed by atoms with Crippen LogP contribution in [0.2, 0.25) is 0 Å². The largest absolute Gasteiger partial charge is 0.497 e. The molecule has 354 valence electrons. The number of anilines is 1. The van der Waals surface area contributed by atoms with Crippen LogP contribution in [0.3, 0.4) is 0 Å². The second-order valence-corrected chi connectivity index (χ2v) is 21.9. The lowest BCUT2D eigenvalue weighted by Crippen LogP contribution is -2.58. The molecule has 4 aliphatic rings. The number of rotatable bonds is 13. The van der Waals surface area contributed by atoms with Crippen LogP contribution in [0.15, 0.2) is 41.8 Å². The van der Waals surface area contributed by atoms with Gasteiger partial charge in [0.25, 0.3) is 0 Å². The van der Waals surface area contributed by atoms with Crippen molar-refractivity contribution in [2.24, 2.45) is 17.8 Å². The molecule has 19 heteroatoms. The summed E-state index contributed by atoms with van der Waals surface area (Å²) in [5.74, 6) is -1.81. The van der Waals surface area contributed by atoms with E-state index in [-0.39, 0.29) is 50.2 Å². The number of benzene rings is 1. The quantitative estimate of drug-likeness (QED) is 0.129. The van der Waals surface area contributed by atoms with Crippen LogP contribution in [0, 0.1) is 17.8 Å². The van der Waals surface area contributed by atoms with Crippen LogP contribution in [0.5, 0.6) is 11.5 Å². The van der Waals surface area contributed by atoms with Gasteiger partial charge in [0, 0.05) is 60.4 Å². The van der Waals surface area contributed by atoms with Crippen LogP contribution in [-0.2, 0) is 24.4 Å². The zero-order valence-corrected chi connectivity index (χ0v) is 40.0. The van der Waals surface area contributed by atoms with Crippen molar-refractivity contribution in [1.29, 1.82) is 0 Å². The lowest BCUT2D eigenvalue weighted by molar-refractivity contribution is -0.145. The molecule has 17 nitrogen and oxygen atoms in total. The van der Waals surface area contributed by atoms with E-state index >= 15 is 0 Å².